The van der Waals surface area contributed by atoms with Crippen molar-refractivity contribution >= 4 is 56.9 Å². The second kappa shape index (κ2) is 16.1. The molecule has 276 valence electrons. The molecule has 2 unspecified atom stereocenters. The van der Waals surface area contributed by atoms with Gasteiger partial charge in [-0.15, -0.1) is 0 Å². The van der Waals surface area contributed by atoms with E-state index in [0.717, 1.165) is 73.8 Å². The number of pyridine rings is 3. The van der Waals surface area contributed by atoms with Crippen LogP contribution in [0.25, 0.3) is 22.3 Å². The number of hydrogen-bond donors (Lipinski definition) is 1. The molecule has 0 amide bonds. The number of nitrogens with two attached hydrogens (primary N) is 1. The zero-order valence-electron chi connectivity index (χ0n) is 28.4. The number of aryl methyl sites for hydroxylation is 2. The molecule has 22 nitrogen and oxygen atoms in total. The molecule has 8 heterocycles. The average molecular weight is 733 g/mol. The van der Waals surface area contributed by atoms with Crippen molar-refractivity contribution in [2.45, 2.75) is 57.9 Å². The molecule has 0 spiro atoms. The van der Waals surface area contributed by atoms with Crippen LogP contribution in [0.1, 0.15) is 56.5 Å². The molecular weight excluding hydrogens is 700 g/mol. The molecule has 2 N–H and O–H groups in total. The molecular formula is C31H32N12O10. The van der Waals surface area contributed by atoms with Gasteiger partial charge in [-0.25, -0.2) is 24.9 Å². The Morgan fingerprint density at radius 2 is 1.34 bits per heavy atom. The minimum atomic E-state index is -0.687. The van der Waals surface area contributed by atoms with Gasteiger partial charge >= 0.3 is 23.0 Å². The number of aromatic nitrogens is 7. The normalized spacial score (nSPS) is 16.6. The molecule has 0 radical (unpaired) electrons. The van der Waals surface area contributed by atoms with E-state index in [-0.39, 0.29) is 41.1 Å². The predicted molar refractivity (Wildman–Crippen MR) is 183 cm³/mol. The maximum atomic E-state index is 11.0. The summed E-state index contributed by atoms with van der Waals surface area (Å²) in [6, 6.07) is 4.18. The van der Waals surface area contributed by atoms with Crippen molar-refractivity contribution in [2.75, 3.05) is 30.8 Å². The predicted octanol–water partition coefficient (Wildman–Crippen LogP) is 3.91. The van der Waals surface area contributed by atoms with Crippen molar-refractivity contribution in [2.24, 2.45) is 0 Å². The third kappa shape index (κ3) is 7.98. The van der Waals surface area contributed by atoms with Gasteiger partial charge in [-0.3, -0.25) is 35.1 Å². The first kappa shape index (κ1) is 37.6. The average Bonchev–Trinajstić information content (AvgIpc) is 3.98. The Labute approximate surface area is 298 Å². The number of nitro groups is 3. The number of fused-ring (bicyclic) bond motifs is 6. The summed E-state index contributed by atoms with van der Waals surface area (Å²) in [6.07, 6.45) is 7.16. The zero-order chi connectivity index (χ0) is 38.4. The monoisotopic (exact) mass is 732 g/mol. The standard InChI is InChI=1S/C11H12N4O2.C10H10N4O3.C9H10N4O4.CO/c1-6(16)17-9-2-3-15-10-8(14-11(9)15)4-7(12)5-13-10;1-17-8-2-3-13-9-7(12-10(8)13)4-6(5-11-9)14(15)16;14-12(15)7-5-8(13(16)17)9(10-6-7)11-3-1-2-4-11;1-2/h4-5,9H,2-3,12H2,1H3;4-5,8H,2-3H2,1H3;5-6H,1-4H2;. The SMILES string of the molecule is CC(=O)OC1CCn2c1nc1cc(N)cnc12.COC1CCn2c1nc1cc([N+](=O)[O-])cnc12.O=[N+]([O-])c1cnc(N2CCCC2)c([N+](=O)[O-])c1.[C-]#[O+]. The molecule has 8 rings (SSSR count). The van der Waals surface area contributed by atoms with Gasteiger partial charge in [-0.1, -0.05) is 0 Å². The molecule has 3 aliphatic heterocycles. The van der Waals surface area contributed by atoms with Crippen LogP contribution in [0.5, 0.6) is 0 Å². The Kier molecular flexibility index (Phi) is 11.5. The number of rotatable bonds is 6. The Morgan fingerprint density at radius 3 is 1.91 bits per heavy atom. The van der Waals surface area contributed by atoms with E-state index in [0.29, 0.717) is 29.9 Å². The Bertz CT molecular complexity index is 2210. The first-order chi connectivity index (χ1) is 25.4. The molecule has 1 fully saturated rings. The minimum absolute atomic E-state index is 0.0387. The van der Waals surface area contributed by atoms with E-state index in [9.17, 15) is 35.1 Å². The number of nitrogen functional groups attached to an aromatic ring is 1. The fourth-order valence-corrected chi connectivity index (χ4v) is 6.22. The first-order valence-electron chi connectivity index (χ1n) is 16.0. The van der Waals surface area contributed by atoms with Gasteiger partial charge in [0.15, 0.2) is 23.2 Å². The van der Waals surface area contributed by atoms with Gasteiger partial charge in [0.05, 0.1) is 32.7 Å². The van der Waals surface area contributed by atoms with Gasteiger partial charge in [0.2, 0.25) is 5.82 Å². The molecule has 0 bridgehead atoms. The molecule has 2 atom stereocenters. The molecule has 22 heteroatoms. The summed E-state index contributed by atoms with van der Waals surface area (Å²) in [7, 11) is 1.63. The van der Waals surface area contributed by atoms with Crippen molar-refractivity contribution in [1.29, 1.82) is 0 Å². The van der Waals surface area contributed by atoms with Gasteiger partial charge in [-0.05, 0) is 25.3 Å². The van der Waals surface area contributed by atoms with Gasteiger partial charge in [0.25, 0.3) is 11.4 Å². The number of hydrogen-bond acceptors (Lipinski definition) is 16. The number of anilines is 2. The fourth-order valence-electron chi connectivity index (χ4n) is 6.22. The second-order valence-electron chi connectivity index (χ2n) is 11.8. The number of esters is 1. The molecule has 0 aromatic carbocycles. The molecule has 3 aliphatic rings. The van der Waals surface area contributed by atoms with E-state index in [4.69, 9.17) is 19.9 Å². The van der Waals surface area contributed by atoms with Crippen molar-refractivity contribution < 1.29 is 33.7 Å². The van der Waals surface area contributed by atoms with Crippen molar-refractivity contribution in [3.05, 3.63) is 85.4 Å². The summed E-state index contributed by atoms with van der Waals surface area (Å²) in [5, 5.41) is 32.1. The van der Waals surface area contributed by atoms with Crippen LogP contribution in [0.15, 0.2) is 36.8 Å². The molecule has 5 aromatic heterocycles. The second-order valence-corrected chi connectivity index (χ2v) is 11.8. The van der Waals surface area contributed by atoms with Crippen LogP contribution in [-0.2, 0) is 32.0 Å². The van der Waals surface area contributed by atoms with Gasteiger partial charge < -0.3 is 29.2 Å². The topological polar surface area (TPSA) is 288 Å². The van der Waals surface area contributed by atoms with E-state index in [1.165, 1.54) is 19.2 Å². The Balaban J connectivity index is 0.000000150. The Morgan fingerprint density at radius 1 is 0.811 bits per heavy atom. The summed E-state index contributed by atoms with van der Waals surface area (Å²) in [6.45, 7) is 8.86. The van der Waals surface area contributed by atoms with Crippen LogP contribution in [-0.4, -0.2) is 75.0 Å². The molecule has 1 saturated heterocycles. The number of carbonyl (C=O) groups excluding carboxylic acids is 1. The maximum absolute atomic E-state index is 11.0. The summed E-state index contributed by atoms with van der Waals surface area (Å²) in [5.41, 5.74) is 8.32. The number of imidazole rings is 2. The summed E-state index contributed by atoms with van der Waals surface area (Å²) in [5.74, 6) is 1.49. The van der Waals surface area contributed by atoms with E-state index in [1.54, 1.807) is 24.3 Å². The van der Waals surface area contributed by atoms with Crippen molar-refractivity contribution in [3.63, 3.8) is 0 Å². The molecule has 0 aliphatic carbocycles. The number of nitrogens with zero attached hydrogens (tertiary/aromatic N) is 11. The summed E-state index contributed by atoms with van der Waals surface area (Å²) >= 11 is 0. The van der Waals surface area contributed by atoms with Crippen LogP contribution in [0.4, 0.5) is 28.6 Å². The summed E-state index contributed by atoms with van der Waals surface area (Å²) in [4.78, 5) is 64.0. The van der Waals surface area contributed by atoms with Gasteiger partial charge in [0, 0.05) is 52.7 Å². The first-order valence-corrected chi connectivity index (χ1v) is 16.0. The molecule has 0 saturated carbocycles. The van der Waals surface area contributed by atoms with Crippen LogP contribution in [0.2, 0.25) is 0 Å². The van der Waals surface area contributed by atoms with E-state index in [2.05, 4.69) is 31.6 Å². The van der Waals surface area contributed by atoms with Crippen molar-refractivity contribution in [3.8, 4) is 0 Å². The van der Waals surface area contributed by atoms with Crippen LogP contribution >= 0.6 is 0 Å². The van der Waals surface area contributed by atoms with E-state index >= 15 is 0 Å². The number of methoxy groups -OCH3 is 1. The van der Waals surface area contributed by atoms with Crippen LogP contribution in [0.3, 0.4) is 0 Å². The number of carbonyl (C=O) groups is 1. The number of ether oxygens (including phenoxy) is 2. The van der Waals surface area contributed by atoms with E-state index in [1.807, 2.05) is 9.13 Å². The summed E-state index contributed by atoms with van der Waals surface area (Å²) < 4.78 is 21.9. The van der Waals surface area contributed by atoms with Crippen molar-refractivity contribution in [1.82, 2.24) is 34.1 Å². The third-order valence-corrected chi connectivity index (χ3v) is 8.49. The van der Waals surface area contributed by atoms with Gasteiger partial charge in [-0.2, -0.15) is 0 Å². The Hall–Kier alpha value is -6.64. The van der Waals surface area contributed by atoms with Gasteiger partial charge in [0.1, 0.15) is 35.4 Å². The van der Waals surface area contributed by atoms with E-state index < -0.39 is 14.8 Å². The molecule has 53 heavy (non-hydrogen) atoms. The zero-order valence-corrected chi connectivity index (χ0v) is 28.4. The molecule has 5 aromatic rings. The quantitative estimate of drug-likeness (QED) is 0.0850. The van der Waals surface area contributed by atoms with Crippen LogP contribution < -0.4 is 10.6 Å². The fraction of sp³-hybridized carbons (Fsp3) is 0.387. The van der Waals surface area contributed by atoms with Crippen LogP contribution in [0, 0.1) is 37.0 Å². The third-order valence-electron chi connectivity index (χ3n) is 8.49.